The third-order valence-electron chi connectivity index (χ3n) is 1.83. The molecule has 0 aliphatic heterocycles. The molecule has 5 heteroatoms. The molecule has 0 saturated heterocycles. The average molecular weight is 228 g/mol. The van der Waals surface area contributed by atoms with Crippen molar-refractivity contribution >= 4 is 38.9 Å². The Morgan fingerprint density at radius 1 is 1.50 bits per heavy atom. The molecule has 72 valence electrons. The van der Waals surface area contributed by atoms with Gasteiger partial charge in [0.1, 0.15) is 10.6 Å². The summed E-state index contributed by atoms with van der Waals surface area (Å²) in [4.78, 5) is 11.3. The molecule has 1 aromatic carbocycles. The van der Waals surface area contributed by atoms with E-state index in [2.05, 4.69) is 0 Å². The topological polar surface area (TPSA) is 63.3 Å². The summed E-state index contributed by atoms with van der Waals surface area (Å²) in [6.45, 7) is 0. The zero-order valence-electron chi connectivity index (χ0n) is 6.95. The molecule has 0 aliphatic rings. The van der Waals surface area contributed by atoms with Crippen molar-refractivity contribution in [2.75, 3.05) is 0 Å². The predicted molar refractivity (Wildman–Crippen MR) is 57.0 cm³/mol. The molecule has 0 fully saturated rings. The van der Waals surface area contributed by atoms with Crippen molar-refractivity contribution < 1.29 is 9.90 Å². The Bertz CT molecular complexity index is 521. The highest BCUT2D eigenvalue weighted by Crippen LogP contribution is 2.36. The van der Waals surface area contributed by atoms with Crippen molar-refractivity contribution in [1.82, 2.24) is 0 Å². The third kappa shape index (κ3) is 1.32. The van der Waals surface area contributed by atoms with Crippen LogP contribution in [0, 0.1) is 0 Å². The first-order chi connectivity index (χ1) is 6.59. The molecule has 1 heterocycles. The van der Waals surface area contributed by atoms with Gasteiger partial charge in [0, 0.05) is 10.1 Å². The van der Waals surface area contributed by atoms with Crippen LogP contribution in [-0.2, 0) is 0 Å². The number of hydrogen-bond donors (Lipinski definition) is 2. The van der Waals surface area contributed by atoms with Crippen LogP contribution in [0.15, 0.2) is 18.2 Å². The highest BCUT2D eigenvalue weighted by atomic mass is 35.5. The van der Waals surface area contributed by atoms with Gasteiger partial charge in [-0.25, -0.2) is 0 Å². The molecule has 14 heavy (non-hydrogen) atoms. The van der Waals surface area contributed by atoms with E-state index >= 15 is 0 Å². The molecule has 0 atom stereocenters. The molecular weight excluding hydrogens is 222 g/mol. The van der Waals surface area contributed by atoms with Crippen molar-refractivity contribution in [3.05, 3.63) is 28.1 Å². The number of phenols is 1. The normalized spacial score (nSPS) is 10.6. The highest BCUT2D eigenvalue weighted by Gasteiger charge is 2.14. The van der Waals surface area contributed by atoms with Gasteiger partial charge >= 0.3 is 0 Å². The van der Waals surface area contributed by atoms with Crippen molar-refractivity contribution in [3.63, 3.8) is 0 Å². The predicted octanol–water partition coefficient (Wildman–Crippen LogP) is 2.36. The Morgan fingerprint density at radius 3 is 2.86 bits per heavy atom. The van der Waals surface area contributed by atoms with E-state index in [0.29, 0.717) is 15.3 Å². The van der Waals surface area contributed by atoms with Crippen LogP contribution < -0.4 is 5.73 Å². The van der Waals surface area contributed by atoms with Crippen LogP contribution in [0.5, 0.6) is 5.75 Å². The van der Waals surface area contributed by atoms with Crippen LogP contribution in [0.1, 0.15) is 9.67 Å². The summed E-state index contributed by atoms with van der Waals surface area (Å²) in [6, 6.07) is 4.76. The molecule has 1 amide bonds. The van der Waals surface area contributed by atoms with E-state index in [1.807, 2.05) is 0 Å². The van der Waals surface area contributed by atoms with Crippen LogP contribution in [0.3, 0.4) is 0 Å². The molecule has 3 N–H and O–H groups in total. The van der Waals surface area contributed by atoms with Crippen LogP contribution >= 0.6 is 22.9 Å². The maximum Gasteiger partial charge on any atom is 0.260 e. The largest absolute Gasteiger partial charge is 0.508 e. The molecule has 0 bridgehead atoms. The number of rotatable bonds is 1. The fourth-order valence-electron chi connectivity index (χ4n) is 1.21. The minimum absolute atomic E-state index is 0.119. The minimum Gasteiger partial charge on any atom is -0.508 e. The fraction of sp³-hybridized carbons (Fsp3) is 0. The van der Waals surface area contributed by atoms with Crippen LogP contribution in [0.4, 0.5) is 0 Å². The van der Waals surface area contributed by atoms with Gasteiger partial charge in [-0.2, -0.15) is 0 Å². The Hall–Kier alpha value is -1.26. The summed E-state index contributed by atoms with van der Waals surface area (Å²) in [5.74, 6) is -0.427. The standard InChI is InChI=1S/C9H6ClNO2S/c10-7-5-3-4(12)1-2-6(5)14-8(7)9(11)13/h1-3,12H,(H2,11,13). The lowest BCUT2D eigenvalue weighted by atomic mass is 10.2. The lowest BCUT2D eigenvalue weighted by Crippen LogP contribution is -2.08. The third-order valence-corrected chi connectivity index (χ3v) is 3.52. The second-order valence-corrected chi connectivity index (χ2v) is 4.22. The van der Waals surface area contributed by atoms with Gasteiger partial charge in [-0.3, -0.25) is 4.79 Å². The molecule has 3 nitrogen and oxygen atoms in total. The number of benzene rings is 1. The van der Waals surface area contributed by atoms with Crippen molar-refractivity contribution in [1.29, 1.82) is 0 Å². The fourth-order valence-corrected chi connectivity index (χ4v) is 2.56. The monoisotopic (exact) mass is 227 g/mol. The number of phenolic OH excluding ortho intramolecular Hbond substituents is 1. The average Bonchev–Trinajstić information content (AvgIpc) is 2.44. The molecule has 0 spiro atoms. The molecule has 0 aliphatic carbocycles. The van der Waals surface area contributed by atoms with Gasteiger partial charge < -0.3 is 10.8 Å². The summed E-state index contributed by atoms with van der Waals surface area (Å²) >= 11 is 7.15. The Kier molecular flexibility index (Phi) is 2.09. The van der Waals surface area contributed by atoms with E-state index in [-0.39, 0.29) is 5.75 Å². The van der Waals surface area contributed by atoms with Crippen LogP contribution in [-0.4, -0.2) is 11.0 Å². The first-order valence-corrected chi connectivity index (χ1v) is 5.00. The van der Waals surface area contributed by atoms with Gasteiger partial charge in [-0.15, -0.1) is 11.3 Å². The second-order valence-electron chi connectivity index (χ2n) is 2.79. The SMILES string of the molecule is NC(=O)c1sc2ccc(O)cc2c1Cl. The Balaban J connectivity index is 2.80. The van der Waals surface area contributed by atoms with E-state index < -0.39 is 5.91 Å². The highest BCUT2D eigenvalue weighted by molar-refractivity contribution is 7.21. The lowest BCUT2D eigenvalue weighted by Gasteiger charge is -1.91. The first kappa shape index (κ1) is 9.30. The van der Waals surface area contributed by atoms with Gasteiger partial charge in [0.2, 0.25) is 0 Å². The summed E-state index contributed by atoms with van der Waals surface area (Å²) in [5, 5.41) is 10.2. The van der Waals surface area contributed by atoms with Crippen LogP contribution in [0.2, 0.25) is 5.02 Å². The number of fused-ring (bicyclic) bond motifs is 1. The van der Waals surface area contributed by atoms with Gasteiger partial charge in [0.05, 0.1) is 5.02 Å². The minimum atomic E-state index is -0.546. The van der Waals surface area contributed by atoms with E-state index in [9.17, 15) is 9.90 Å². The summed E-state index contributed by atoms with van der Waals surface area (Å²) in [6.07, 6.45) is 0. The van der Waals surface area contributed by atoms with Gasteiger partial charge in [-0.1, -0.05) is 11.6 Å². The maximum absolute atomic E-state index is 11.0. The number of carbonyl (C=O) groups is 1. The van der Waals surface area contributed by atoms with Gasteiger partial charge in [0.15, 0.2) is 0 Å². The van der Waals surface area contributed by atoms with Crippen LogP contribution in [0.25, 0.3) is 10.1 Å². The van der Waals surface area contributed by atoms with E-state index in [1.165, 1.54) is 17.4 Å². The first-order valence-electron chi connectivity index (χ1n) is 3.80. The molecule has 0 unspecified atom stereocenters. The quantitative estimate of drug-likeness (QED) is 0.786. The number of thiophene rings is 1. The number of aromatic hydroxyl groups is 1. The zero-order chi connectivity index (χ0) is 10.3. The molecule has 1 aromatic heterocycles. The van der Waals surface area contributed by atoms with E-state index in [4.69, 9.17) is 17.3 Å². The second kappa shape index (κ2) is 3.15. The number of amides is 1. The lowest BCUT2D eigenvalue weighted by molar-refractivity contribution is 0.100. The maximum atomic E-state index is 11.0. The zero-order valence-corrected chi connectivity index (χ0v) is 8.52. The Morgan fingerprint density at radius 2 is 2.21 bits per heavy atom. The number of nitrogens with two attached hydrogens (primary N) is 1. The number of halogens is 1. The summed E-state index contributed by atoms with van der Waals surface area (Å²) < 4.78 is 0.835. The molecular formula is C9H6ClNO2S. The van der Waals surface area contributed by atoms with Gasteiger partial charge in [0.25, 0.3) is 5.91 Å². The number of hydrogen-bond acceptors (Lipinski definition) is 3. The smallest absolute Gasteiger partial charge is 0.260 e. The summed E-state index contributed by atoms with van der Waals surface area (Å²) in [5.41, 5.74) is 5.14. The van der Waals surface area contributed by atoms with E-state index in [1.54, 1.807) is 12.1 Å². The summed E-state index contributed by atoms with van der Waals surface area (Å²) in [7, 11) is 0. The molecule has 0 saturated carbocycles. The number of carbonyl (C=O) groups excluding carboxylic acids is 1. The van der Waals surface area contributed by atoms with Crippen molar-refractivity contribution in [2.24, 2.45) is 5.73 Å². The van der Waals surface area contributed by atoms with Gasteiger partial charge in [-0.05, 0) is 18.2 Å². The van der Waals surface area contributed by atoms with Crippen molar-refractivity contribution in [2.45, 2.75) is 0 Å². The van der Waals surface area contributed by atoms with E-state index in [0.717, 1.165) is 4.70 Å². The molecule has 2 aromatic rings. The Labute approximate surface area is 88.7 Å². The number of primary amides is 1. The molecule has 0 radical (unpaired) electrons. The van der Waals surface area contributed by atoms with Crippen molar-refractivity contribution in [3.8, 4) is 5.75 Å². The molecule has 2 rings (SSSR count).